The summed E-state index contributed by atoms with van der Waals surface area (Å²) in [5, 5.41) is 18.2. The highest BCUT2D eigenvalue weighted by Crippen LogP contribution is 2.33. The third-order valence-electron chi connectivity index (χ3n) is 11.0. The van der Waals surface area contributed by atoms with E-state index in [1.54, 1.807) is 103 Å². The Hall–Kier alpha value is -9.28. The fraction of sp³-hybridized carbons (Fsp3) is 0.294. The molecule has 7 aromatic rings. The van der Waals surface area contributed by atoms with Crippen LogP contribution in [0.2, 0.25) is 0 Å². The lowest BCUT2D eigenvalue weighted by Crippen LogP contribution is -2.27. The molecular formula is C51H59N15O8. The Kier molecular flexibility index (Phi) is 15.9. The molecule has 0 spiro atoms. The van der Waals surface area contributed by atoms with Crippen molar-refractivity contribution in [2.24, 2.45) is 22.2 Å². The van der Waals surface area contributed by atoms with E-state index in [2.05, 4.69) is 31.1 Å². The van der Waals surface area contributed by atoms with Crippen LogP contribution in [0.1, 0.15) is 78.4 Å². The minimum atomic E-state index is -0.730. The van der Waals surface area contributed by atoms with Gasteiger partial charge >= 0.3 is 6.09 Å². The SMILES string of the molecule is CCN=C(/C=C(/C)N)C(=O)Nc1nc2cc(C(N)=O)cc(OC/C=C/Cn3ncc4cc(NC(=O)OC(C)(C)C)ccc43)c2n1C/C=C/Cn1c(NC(=O)c2cc(C)nn2CC)nc2cc(C(N)=O)cc(OC)c21. The molecule has 23 heteroatoms. The lowest BCUT2D eigenvalue weighted by Gasteiger charge is -2.19. The summed E-state index contributed by atoms with van der Waals surface area (Å²) in [7, 11) is 1.44. The number of nitrogens with two attached hydrogens (primary N) is 3. The molecule has 7 rings (SSSR count). The molecule has 0 aliphatic carbocycles. The smallest absolute Gasteiger partial charge is 0.412 e. The third kappa shape index (κ3) is 12.2. The van der Waals surface area contributed by atoms with Crippen molar-refractivity contribution in [1.29, 1.82) is 0 Å². The molecule has 74 heavy (non-hydrogen) atoms. The average molecular weight is 1010 g/mol. The molecule has 0 radical (unpaired) electrons. The first-order chi connectivity index (χ1) is 35.3. The van der Waals surface area contributed by atoms with Gasteiger partial charge in [0.25, 0.3) is 11.8 Å². The van der Waals surface area contributed by atoms with Crippen LogP contribution in [0.15, 0.2) is 95.8 Å². The zero-order chi connectivity index (χ0) is 53.4. The number of amides is 5. The van der Waals surface area contributed by atoms with E-state index < -0.39 is 35.3 Å². The van der Waals surface area contributed by atoms with Crippen molar-refractivity contribution < 1.29 is 38.2 Å². The van der Waals surface area contributed by atoms with Crippen LogP contribution in [0.25, 0.3) is 33.0 Å². The Bertz CT molecular complexity index is 3430. The highest BCUT2D eigenvalue weighted by Gasteiger charge is 2.24. The number of fused-ring (bicyclic) bond motifs is 3. The molecule has 0 atom stereocenters. The number of allylic oxidation sites excluding steroid dienone is 4. The summed E-state index contributed by atoms with van der Waals surface area (Å²) in [6, 6.07) is 13.1. The molecule has 4 heterocycles. The molecule has 0 saturated carbocycles. The summed E-state index contributed by atoms with van der Waals surface area (Å²) in [6.07, 6.45) is 9.84. The van der Waals surface area contributed by atoms with Gasteiger partial charge in [0.05, 0.1) is 42.1 Å². The van der Waals surface area contributed by atoms with Gasteiger partial charge in [-0.25, -0.2) is 14.8 Å². The van der Waals surface area contributed by atoms with Gasteiger partial charge in [-0.1, -0.05) is 18.2 Å². The van der Waals surface area contributed by atoms with Gasteiger partial charge in [0.1, 0.15) is 46.1 Å². The molecule has 3 aromatic carbocycles. The molecule has 5 amide bonds. The van der Waals surface area contributed by atoms with Gasteiger partial charge < -0.3 is 40.5 Å². The molecule has 0 fully saturated rings. The Morgan fingerprint density at radius 2 is 1.39 bits per heavy atom. The Morgan fingerprint density at radius 3 is 1.99 bits per heavy atom. The summed E-state index contributed by atoms with van der Waals surface area (Å²) < 4.78 is 24.2. The van der Waals surface area contributed by atoms with Gasteiger partial charge in [0, 0.05) is 54.1 Å². The summed E-state index contributed by atoms with van der Waals surface area (Å²) in [4.78, 5) is 78.7. The van der Waals surface area contributed by atoms with Gasteiger partial charge in [-0.2, -0.15) is 10.2 Å². The van der Waals surface area contributed by atoms with Crippen LogP contribution in [-0.2, 0) is 35.7 Å². The number of aryl methyl sites for hydroxylation is 2. The number of hydrogen-bond donors (Lipinski definition) is 6. The number of aromatic nitrogens is 8. The van der Waals surface area contributed by atoms with Gasteiger partial charge in [0.2, 0.25) is 23.7 Å². The van der Waals surface area contributed by atoms with Gasteiger partial charge in [-0.3, -0.25) is 49.5 Å². The topological polar surface area (TPSA) is 311 Å². The average Bonchev–Trinajstić information content (AvgIpc) is 4.11. The maximum absolute atomic E-state index is 13.8. The number of carbonyl (C=O) groups excluding carboxylic acids is 5. The van der Waals surface area contributed by atoms with E-state index in [9.17, 15) is 24.0 Å². The zero-order valence-corrected chi connectivity index (χ0v) is 42.3. The van der Waals surface area contributed by atoms with E-state index >= 15 is 0 Å². The minimum absolute atomic E-state index is 0.0389. The lowest BCUT2D eigenvalue weighted by molar-refractivity contribution is -0.110. The van der Waals surface area contributed by atoms with Crippen LogP contribution < -0.4 is 42.6 Å². The zero-order valence-electron chi connectivity index (χ0n) is 42.3. The van der Waals surface area contributed by atoms with Gasteiger partial charge in [-0.15, -0.1) is 0 Å². The second kappa shape index (κ2) is 22.4. The van der Waals surface area contributed by atoms with Crippen LogP contribution in [0.4, 0.5) is 22.4 Å². The molecule has 0 aliphatic heterocycles. The maximum atomic E-state index is 13.8. The van der Waals surface area contributed by atoms with E-state index in [-0.39, 0.29) is 65.4 Å². The Labute approximate surface area is 425 Å². The fourth-order valence-electron chi connectivity index (χ4n) is 7.90. The van der Waals surface area contributed by atoms with Crippen LogP contribution in [0.3, 0.4) is 0 Å². The minimum Gasteiger partial charge on any atom is -0.494 e. The summed E-state index contributed by atoms with van der Waals surface area (Å²) in [5.74, 6) is -1.72. The number of nitrogens with zero attached hydrogens (tertiary/aromatic N) is 9. The number of primary amides is 2. The number of nitrogens with one attached hydrogen (secondary N) is 3. The fourth-order valence-corrected chi connectivity index (χ4v) is 7.90. The third-order valence-corrected chi connectivity index (χ3v) is 11.0. The van der Waals surface area contributed by atoms with E-state index in [1.807, 2.05) is 19.1 Å². The first kappa shape index (κ1) is 52.5. The van der Waals surface area contributed by atoms with Crippen LogP contribution in [-0.4, -0.2) is 100.0 Å². The second-order valence-corrected chi connectivity index (χ2v) is 17.8. The first-order valence-electron chi connectivity index (χ1n) is 23.5. The van der Waals surface area contributed by atoms with Gasteiger partial charge in [0.15, 0.2) is 0 Å². The predicted molar refractivity (Wildman–Crippen MR) is 282 cm³/mol. The van der Waals surface area contributed by atoms with E-state index in [1.165, 1.54) is 37.5 Å². The monoisotopic (exact) mass is 1010 g/mol. The molecule has 23 nitrogen and oxygen atoms in total. The summed E-state index contributed by atoms with van der Waals surface area (Å²) in [6.45, 7) is 13.8. The summed E-state index contributed by atoms with van der Waals surface area (Å²) >= 11 is 0. The number of imidazole rings is 2. The molecule has 0 unspecified atom stereocenters. The molecule has 4 aromatic heterocycles. The van der Waals surface area contributed by atoms with Crippen LogP contribution in [0, 0.1) is 6.92 Å². The highest BCUT2D eigenvalue weighted by atomic mass is 16.6. The molecule has 386 valence electrons. The largest absolute Gasteiger partial charge is 0.494 e. The van der Waals surface area contributed by atoms with E-state index in [0.29, 0.717) is 59.0 Å². The summed E-state index contributed by atoms with van der Waals surface area (Å²) in [5.41, 5.74) is 21.3. The standard InChI is InChI=1S/C51H59N15O8/c1-9-55-37(21-29(3)52)46(69)60-48-59-36-25-32(45(54)68)27-41(73-20-14-13-19-66-38-16-15-34(23-33(38)28-56-66)57-50(71)74-51(5,6)7)43(36)64(48)18-12-11-17-63-42-35(24-31(44(53)67)26-40(42)72-8)58-49(63)61-47(70)39-22-30(4)62-65(39)10-2/h11-16,21-28H,9-10,17-20,52H2,1-8H3,(H2,53,67)(H2,54,68)(H,57,71)(H,58,61,70)(H,59,60,69)/b12-11+,14-13+,29-21-,55-37?. The van der Waals surface area contributed by atoms with Crippen molar-refractivity contribution >= 4 is 86.0 Å². The number of anilines is 3. The number of hydrogen-bond acceptors (Lipinski definition) is 14. The molecule has 0 aliphatic rings. The normalized spacial score (nSPS) is 12.3. The molecular weight excluding hydrogens is 951 g/mol. The maximum Gasteiger partial charge on any atom is 0.412 e. The van der Waals surface area contributed by atoms with Crippen molar-refractivity contribution in [2.45, 2.75) is 80.2 Å². The Morgan fingerprint density at radius 1 is 0.770 bits per heavy atom. The first-order valence-corrected chi connectivity index (χ1v) is 23.5. The molecule has 9 N–H and O–H groups in total. The van der Waals surface area contributed by atoms with E-state index in [4.69, 9.17) is 41.4 Å². The quantitative estimate of drug-likeness (QED) is 0.0365. The lowest BCUT2D eigenvalue weighted by atomic mass is 10.1. The van der Waals surface area contributed by atoms with Crippen molar-refractivity contribution in [3.63, 3.8) is 0 Å². The van der Waals surface area contributed by atoms with Crippen LogP contribution in [0.5, 0.6) is 11.5 Å². The van der Waals surface area contributed by atoms with Crippen molar-refractivity contribution in [1.82, 2.24) is 38.7 Å². The Balaban J connectivity index is 1.21. The number of benzene rings is 3. The number of aliphatic imine (C=N–C) groups is 1. The molecule has 0 bridgehead atoms. The predicted octanol–water partition coefficient (Wildman–Crippen LogP) is 6.22. The number of ether oxygens (including phenoxy) is 3. The van der Waals surface area contributed by atoms with Crippen molar-refractivity contribution in [3.05, 3.63) is 113 Å². The number of carbonyl (C=O) groups is 5. The molecule has 0 saturated heterocycles. The highest BCUT2D eigenvalue weighted by molar-refractivity contribution is 6.47. The van der Waals surface area contributed by atoms with E-state index in [0.717, 1.165) is 10.9 Å². The van der Waals surface area contributed by atoms with Crippen LogP contribution >= 0.6 is 0 Å². The van der Waals surface area contributed by atoms with Gasteiger partial charge in [-0.05, 0) is 109 Å². The number of methoxy groups -OCH3 is 1. The van der Waals surface area contributed by atoms with Crippen molar-refractivity contribution in [2.75, 3.05) is 36.2 Å². The van der Waals surface area contributed by atoms with Crippen molar-refractivity contribution in [3.8, 4) is 11.5 Å². The number of rotatable bonds is 20. The second-order valence-electron chi connectivity index (χ2n) is 17.8.